The molecule has 2 aromatic rings. The number of aryl methyl sites for hydroxylation is 1. The van der Waals surface area contributed by atoms with Gasteiger partial charge in [-0.25, -0.2) is 8.42 Å². The van der Waals surface area contributed by atoms with Crippen LogP contribution in [-0.4, -0.2) is 47.8 Å². The molecule has 7 nitrogen and oxygen atoms in total. The first kappa shape index (κ1) is 18.2. The van der Waals surface area contributed by atoms with Gasteiger partial charge in [-0.05, 0) is 25.0 Å². The first-order valence-corrected chi connectivity index (χ1v) is 11.3. The van der Waals surface area contributed by atoms with E-state index in [0.29, 0.717) is 15.9 Å². The Balaban J connectivity index is 1.48. The van der Waals surface area contributed by atoms with Gasteiger partial charge < -0.3 is 10.6 Å². The van der Waals surface area contributed by atoms with Crippen molar-refractivity contribution in [1.29, 1.82) is 0 Å². The fourth-order valence-electron chi connectivity index (χ4n) is 2.45. The van der Waals surface area contributed by atoms with Gasteiger partial charge in [0.15, 0.2) is 14.2 Å². The van der Waals surface area contributed by atoms with E-state index in [-0.39, 0.29) is 29.2 Å². The average molecular weight is 399 g/mol. The fourth-order valence-corrected chi connectivity index (χ4v) is 5.70. The maximum atomic E-state index is 11.9. The molecule has 2 heterocycles. The quantitative estimate of drug-likeness (QED) is 0.718. The Morgan fingerprint density at radius 3 is 2.88 bits per heavy atom. The molecule has 134 valence electrons. The predicted molar refractivity (Wildman–Crippen MR) is 100 cm³/mol. The Kier molecular flexibility index (Phi) is 5.60. The third-order valence-electron chi connectivity index (χ3n) is 3.72. The lowest BCUT2D eigenvalue weighted by Gasteiger charge is -2.09. The number of para-hydroxylation sites is 1. The second kappa shape index (κ2) is 7.71. The van der Waals surface area contributed by atoms with E-state index in [1.165, 1.54) is 23.1 Å². The molecule has 1 atom stereocenters. The van der Waals surface area contributed by atoms with Gasteiger partial charge in [0.2, 0.25) is 11.0 Å². The van der Waals surface area contributed by atoms with E-state index < -0.39 is 9.84 Å². The number of rotatable bonds is 6. The van der Waals surface area contributed by atoms with Crippen LogP contribution < -0.4 is 10.6 Å². The van der Waals surface area contributed by atoms with Gasteiger partial charge in [-0.15, -0.1) is 10.2 Å². The molecule has 1 unspecified atom stereocenters. The summed E-state index contributed by atoms with van der Waals surface area (Å²) in [5.74, 6) is 0.188. The first-order valence-electron chi connectivity index (χ1n) is 7.70. The standard InChI is InChI=1S/C15H18N4O3S3/c1-10-4-2-3-5-12(10)17-14-18-19-15(24-14)23-8-13(20)16-11-6-7-25(21,22)9-11/h2-5,11H,6-9H2,1H3,(H,16,20)(H,17,18). The summed E-state index contributed by atoms with van der Waals surface area (Å²) in [6.45, 7) is 2.01. The molecule has 0 aliphatic carbocycles. The number of hydrogen-bond donors (Lipinski definition) is 2. The summed E-state index contributed by atoms with van der Waals surface area (Å²) in [6, 6.07) is 7.61. The number of anilines is 2. The summed E-state index contributed by atoms with van der Waals surface area (Å²) < 4.78 is 23.5. The van der Waals surface area contributed by atoms with Crippen LogP contribution >= 0.6 is 23.1 Å². The van der Waals surface area contributed by atoms with Crippen LogP contribution in [0.1, 0.15) is 12.0 Å². The van der Waals surface area contributed by atoms with Crippen molar-refractivity contribution in [1.82, 2.24) is 15.5 Å². The van der Waals surface area contributed by atoms with Crippen molar-refractivity contribution in [3.8, 4) is 0 Å². The number of hydrogen-bond acceptors (Lipinski definition) is 8. The van der Waals surface area contributed by atoms with Crippen molar-refractivity contribution in [3.05, 3.63) is 29.8 Å². The van der Waals surface area contributed by atoms with Gasteiger partial charge in [-0.1, -0.05) is 41.3 Å². The van der Waals surface area contributed by atoms with Gasteiger partial charge >= 0.3 is 0 Å². The van der Waals surface area contributed by atoms with Crippen LogP contribution in [0.5, 0.6) is 0 Å². The molecule has 1 aromatic carbocycles. The smallest absolute Gasteiger partial charge is 0.230 e. The number of thioether (sulfide) groups is 1. The molecule has 0 saturated carbocycles. The molecule has 0 bridgehead atoms. The Bertz CT molecular complexity index is 866. The Morgan fingerprint density at radius 2 is 2.16 bits per heavy atom. The molecule has 1 fully saturated rings. The van der Waals surface area contributed by atoms with Gasteiger partial charge in [-0.2, -0.15) is 0 Å². The van der Waals surface area contributed by atoms with E-state index in [1.54, 1.807) is 0 Å². The lowest BCUT2D eigenvalue weighted by atomic mass is 10.2. The van der Waals surface area contributed by atoms with Crippen LogP contribution in [-0.2, 0) is 14.6 Å². The van der Waals surface area contributed by atoms with Crippen molar-refractivity contribution in [3.63, 3.8) is 0 Å². The normalized spacial score (nSPS) is 18.8. The molecule has 25 heavy (non-hydrogen) atoms. The second-order valence-electron chi connectivity index (χ2n) is 5.77. The zero-order chi connectivity index (χ0) is 17.9. The molecule has 1 aliphatic rings. The Labute approximate surface area is 154 Å². The van der Waals surface area contributed by atoms with E-state index in [0.717, 1.165) is 11.3 Å². The number of amides is 1. The second-order valence-corrected chi connectivity index (χ2v) is 10.2. The first-order chi connectivity index (χ1) is 11.9. The lowest BCUT2D eigenvalue weighted by molar-refractivity contribution is -0.119. The summed E-state index contributed by atoms with van der Waals surface area (Å²) in [6.07, 6.45) is 0.488. The topological polar surface area (TPSA) is 101 Å². The highest BCUT2D eigenvalue weighted by Crippen LogP contribution is 2.28. The number of sulfone groups is 1. The van der Waals surface area contributed by atoms with Crippen molar-refractivity contribution in [2.24, 2.45) is 0 Å². The van der Waals surface area contributed by atoms with Crippen molar-refractivity contribution in [2.45, 2.75) is 23.7 Å². The van der Waals surface area contributed by atoms with Crippen LogP contribution in [0.4, 0.5) is 10.8 Å². The zero-order valence-electron chi connectivity index (χ0n) is 13.6. The number of carbonyl (C=O) groups excluding carboxylic acids is 1. The number of nitrogens with one attached hydrogen (secondary N) is 2. The highest BCUT2D eigenvalue weighted by atomic mass is 32.2. The molecule has 1 saturated heterocycles. The van der Waals surface area contributed by atoms with Gasteiger partial charge in [0.1, 0.15) is 0 Å². The minimum atomic E-state index is -2.99. The molecular weight excluding hydrogens is 380 g/mol. The Morgan fingerprint density at radius 1 is 1.36 bits per heavy atom. The van der Waals surface area contributed by atoms with Crippen LogP contribution in [0.2, 0.25) is 0 Å². The molecule has 1 amide bonds. The van der Waals surface area contributed by atoms with Gasteiger partial charge in [0.05, 0.1) is 17.3 Å². The van der Waals surface area contributed by atoms with Gasteiger partial charge in [0, 0.05) is 11.7 Å². The third-order valence-corrected chi connectivity index (χ3v) is 7.46. The zero-order valence-corrected chi connectivity index (χ0v) is 16.0. The maximum Gasteiger partial charge on any atom is 0.230 e. The third kappa shape index (κ3) is 5.16. The number of carbonyl (C=O) groups is 1. The highest BCUT2D eigenvalue weighted by Gasteiger charge is 2.28. The summed E-state index contributed by atoms with van der Waals surface area (Å²) in [5.41, 5.74) is 2.08. The van der Waals surface area contributed by atoms with E-state index in [9.17, 15) is 13.2 Å². The predicted octanol–water partition coefficient (Wildman–Crippen LogP) is 1.99. The molecule has 2 N–H and O–H groups in total. The van der Waals surface area contributed by atoms with Crippen LogP contribution in [0.3, 0.4) is 0 Å². The summed E-state index contributed by atoms with van der Waals surface area (Å²) in [4.78, 5) is 11.9. The number of benzene rings is 1. The molecular formula is C15H18N4O3S3. The van der Waals surface area contributed by atoms with Crippen LogP contribution in [0.25, 0.3) is 0 Å². The minimum absolute atomic E-state index is 0.0344. The molecule has 3 rings (SSSR count). The van der Waals surface area contributed by atoms with Gasteiger partial charge in [-0.3, -0.25) is 4.79 Å². The van der Waals surface area contributed by atoms with Gasteiger partial charge in [0.25, 0.3) is 0 Å². The van der Waals surface area contributed by atoms with E-state index in [1.807, 2.05) is 31.2 Å². The van der Waals surface area contributed by atoms with E-state index in [2.05, 4.69) is 20.8 Å². The SMILES string of the molecule is Cc1ccccc1Nc1nnc(SCC(=O)NC2CCS(=O)(=O)C2)s1. The molecule has 0 radical (unpaired) electrons. The van der Waals surface area contributed by atoms with Crippen molar-refractivity contribution < 1.29 is 13.2 Å². The lowest BCUT2D eigenvalue weighted by Crippen LogP contribution is -2.36. The minimum Gasteiger partial charge on any atom is -0.352 e. The largest absolute Gasteiger partial charge is 0.352 e. The molecule has 0 spiro atoms. The van der Waals surface area contributed by atoms with Crippen LogP contribution in [0, 0.1) is 6.92 Å². The van der Waals surface area contributed by atoms with Crippen molar-refractivity contribution in [2.75, 3.05) is 22.6 Å². The Hall–Kier alpha value is -1.65. The molecule has 1 aromatic heterocycles. The number of nitrogens with zero attached hydrogens (tertiary/aromatic N) is 2. The van der Waals surface area contributed by atoms with E-state index in [4.69, 9.17) is 0 Å². The summed E-state index contributed by atoms with van der Waals surface area (Å²) in [7, 11) is -2.99. The monoisotopic (exact) mass is 398 g/mol. The van der Waals surface area contributed by atoms with Crippen LogP contribution in [0.15, 0.2) is 28.6 Å². The van der Waals surface area contributed by atoms with E-state index >= 15 is 0 Å². The molecule has 10 heteroatoms. The maximum absolute atomic E-state index is 11.9. The summed E-state index contributed by atoms with van der Waals surface area (Å²) in [5, 5.41) is 14.8. The van der Waals surface area contributed by atoms with Crippen molar-refractivity contribution >= 4 is 49.7 Å². The summed E-state index contributed by atoms with van der Waals surface area (Å²) >= 11 is 2.67. The molecule has 1 aliphatic heterocycles. The number of aromatic nitrogens is 2. The average Bonchev–Trinajstić information content (AvgIpc) is 3.14. The fraction of sp³-hybridized carbons (Fsp3) is 0.400. The highest BCUT2D eigenvalue weighted by molar-refractivity contribution is 8.01.